The fourth-order valence-electron chi connectivity index (χ4n) is 4.26. The second-order valence-electron chi connectivity index (χ2n) is 8.96. The first-order valence-electron chi connectivity index (χ1n) is 12.2. The molecule has 0 aromatic heterocycles. The minimum atomic E-state index is -0.0241. The van der Waals surface area contributed by atoms with Gasteiger partial charge in [-0.3, -0.25) is 9.69 Å². The number of amidine groups is 1. The van der Waals surface area contributed by atoms with Gasteiger partial charge in [-0.15, -0.1) is 0 Å². The molecule has 5 rings (SSSR count). The van der Waals surface area contributed by atoms with Crippen LogP contribution in [0.4, 0.5) is 5.69 Å². The van der Waals surface area contributed by atoms with Gasteiger partial charge in [-0.2, -0.15) is 0 Å². The van der Waals surface area contributed by atoms with Crippen molar-refractivity contribution in [1.29, 1.82) is 0 Å². The van der Waals surface area contributed by atoms with E-state index < -0.39 is 0 Å². The molecule has 0 atom stereocenters. The fraction of sp³-hybridized carbons (Fsp3) is 0.161. The van der Waals surface area contributed by atoms with Gasteiger partial charge in [-0.05, 0) is 106 Å². The number of carbonyl (C=O) groups excluding carboxylic acids is 1. The van der Waals surface area contributed by atoms with Crippen LogP contribution in [0, 0.1) is 13.8 Å². The number of ether oxygens (including phenoxy) is 1. The average Bonchev–Trinajstić information content (AvgIpc) is 3.19. The summed E-state index contributed by atoms with van der Waals surface area (Å²) in [7, 11) is 0. The second-order valence-corrected chi connectivity index (χ2v) is 10.8. The smallest absolute Gasteiger partial charge is 0.266 e. The zero-order valence-corrected chi connectivity index (χ0v) is 23.4. The monoisotopic (exact) mass is 570 g/mol. The van der Waals surface area contributed by atoms with Crippen LogP contribution in [0.3, 0.4) is 0 Å². The molecular formula is C31H27BrN2O2S. The molecule has 0 radical (unpaired) electrons. The lowest BCUT2D eigenvalue weighted by atomic mass is 10.1. The first-order chi connectivity index (χ1) is 17.9. The Balaban J connectivity index is 1.35. The maximum atomic E-state index is 13.1. The summed E-state index contributed by atoms with van der Waals surface area (Å²) in [4.78, 5) is 20.4. The third-order valence-electron chi connectivity index (χ3n) is 6.30. The highest BCUT2D eigenvalue weighted by molar-refractivity contribution is 9.10. The van der Waals surface area contributed by atoms with Crippen molar-refractivity contribution >= 4 is 61.3 Å². The van der Waals surface area contributed by atoms with E-state index in [0.29, 0.717) is 23.2 Å². The van der Waals surface area contributed by atoms with Crippen LogP contribution in [0.2, 0.25) is 0 Å². The topological polar surface area (TPSA) is 41.9 Å². The lowest BCUT2D eigenvalue weighted by Crippen LogP contribution is -2.28. The molecule has 0 spiro atoms. The molecule has 1 fully saturated rings. The summed E-state index contributed by atoms with van der Waals surface area (Å²) in [5.41, 5.74) is 5.18. The maximum absolute atomic E-state index is 13.1. The van der Waals surface area contributed by atoms with Gasteiger partial charge in [0.25, 0.3) is 5.91 Å². The Bertz CT molecular complexity index is 1560. The minimum absolute atomic E-state index is 0.0241. The molecule has 6 heteroatoms. The van der Waals surface area contributed by atoms with E-state index in [1.54, 1.807) is 4.90 Å². The number of amides is 1. The van der Waals surface area contributed by atoms with Crippen molar-refractivity contribution in [2.75, 3.05) is 6.54 Å². The third kappa shape index (κ3) is 5.50. The number of nitrogens with zero attached hydrogens (tertiary/aromatic N) is 2. The zero-order valence-electron chi connectivity index (χ0n) is 21.0. The Morgan fingerprint density at radius 2 is 1.81 bits per heavy atom. The summed E-state index contributed by atoms with van der Waals surface area (Å²) in [6.07, 6.45) is 1.92. The number of benzene rings is 4. The van der Waals surface area contributed by atoms with Crippen LogP contribution in [0.1, 0.15) is 29.2 Å². The SMILES string of the molecule is CCN1C(=O)/C(=C\c2ccc(OCc3cccc4ccccc34)c(Br)c2)SC1=Nc1cc(C)ccc1C. The highest BCUT2D eigenvalue weighted by atomic mass is 79.9. The molecule has 4 nitrogen and oxygen atoms in total. The van der Waals surface area contributed by atoms with Gasteiger partial charge in [0.05, 0.1) is 15.1 Å². The van der Waals surface area contributed by atoms with E-state index in [2.05, 4.69) is 64.5 Å². The Labute approximate surface area is 230 Å². The number of rotatable bonds is 6. The molecule has 1 aliphatic heterocycles. The van der Waals surface area contributed by atoms with Crippen molar-refractivity contribution < 1.29 is 9.53 Å². The summed E-state index contributed by atoms with van der Waals surface area (Å²) < 4.78 is 6.99. The zero-order chi connectivity index (χ0) is 25.9. The molecule has 4 aromatic carbocycles. The molecule has 0 N–H and O–H groups in total. The number of hydrogen-bond donors (Lipinski definition) is 0. The summed E-state index contributed by atoms with van der Waals surface area (Å²) in [5, 5.41) is 3.10. The predicted molar refractivity (Wildman–Crippen MR) is 158 cm³/mol. The van der Waals surface area contributed by atoms with Gasteiger partial charge >= 0.3 is 0 Å². The van der Waals surface area contributed by atoms with Crippen LogP contribution in [0.5, 0.6) is 5.75 Å². The Hall–Kier alpha value is -3.35. The molecule has 0 bridgehead atoms. The van der Waals surface area contributed by atoms with Crippen molar-refractivity contribution in [2.45, 2.75) is 27.4 Å². The van der Waals surface area contributed by atoms with Crippen molar-refractivity contribution in [3.8, 4) is 5.75 Å². The average molecular weight is 572 g/mol. The van der Waals surface area contributed by atoms with E-state index in [9.17, 15) is 4.79 Å². The molecule has 37 heavy (non-hydrogen) atoms. The highest BCUT2D eigenvalue weighted by Crippen LogP contribution is 2.36. The van der Waals surface area contributed by atoms with Crippen LogP contribution >= 0.6 is 27.7 Å². The molecule has 1 saturated heterocycles. The predicted octanol–water partition coefficient (Wildman–Crippen LogP) is 8.42. The maximum Gasteiger partial charge on any atom is 0.266 e. The van der Waals surface area contributed by atoms with Gasteiger partial charge < -0.3 is 4.74 Å². The van der Waals surface area contributed by atoms with E-state index in [1.165, 1.54) is 22.5 Å². The van der Waals surface area contributed by atoms with Crippen molar-refractivity contribution in [1.82, 2.24) is 4.90 Å². The number of aryl methyl sites for hydroxylation is 2. The van der Waals surface area contributed by atoms with E-state index in [1.807, 2.05) is 57.2 Å². The Kier molecular flexibility index (Phi) is 7.49. The number of thioether (sulfide) groups is 1. The summed E-state index contributed by atoms with van der Waals surface area (Å²) in [5.74, 6) is 0.733. The van der Waals surface area contributed by atoms with Gasteiger partial charge in [0.15, 0.2) is 5.17 Å². The fourth-order valence-corrected chi connectivity index (χ4v) is 5.83. The molecule has 4 aromatic rings. The first kappa shape index (κ1) is 25.3. The number of likely N-dealkylation sites (N-methyl/N-ethyl adjacent to an activating group) is 1. The number of carbonyl (C=O) groups is 1. The van der Waals surface area contributed by atoms with Gasteiger partial charge in [0.1, 0.15) is 12.4 Å². The Morgan fingerprint density at radius 3 is 2.62 bits per heavy atom. The van der Waals surface area contributed by atoms with Crippen molar-refractivity contribution in [2.24, 2.45) is 4.99 Å². The largest absolute Gasteiger partial charge is 0.488 e. The van der Waals surface area contributed by atoms with Crippen LogP contribution < -0.4 is 4.74 Å². The second kappa shape index (κ2) is 11.0. The molecule has 0 saturated carbocycles. The summed E-state index contributed by atoms with van der Waals surface area (Å²) in [6.45, 7) is 7.09. The molecule has 0 unspecified atom stereocenters. The molecule has 0 aliphatic carbocycles. The lowest BCUT2D eigenvalue weighted by molar-refractivity contribution is -0.122. The van der Waals surface area contributed by atoms with Crippen LogP contribution in [0.25, 0.3) is 16.8 Å². The van der Waals surface area contributed by atoms with Gasteiger partial charge in [-0.1, -0.05) is 60.7 Å². The van der Waals surface area contributed by atoms with E-state index in [-0.39, 0.29) is 5.91 Å². The summed E-state index contributed by atoms with van der Waals surface area (Å²) in [6, 6.07) is 26.6. The van der Waals surface area contributed by atoms with Crippen LogP contribution in [0.15, 0.2) is 93.2 Å². The number of hydrogen-bond acceptors (Lipinski definition) is 4. The quantitative estimate of drug-likeness (QED) is 0.218. The number of aliphatic imine (C=N–C) groups is 1. The highest BCUT2D eigenvalue weighted by Gasteiger charge is 2.32. The minimum Gasteiger partial charge on any atom is -0.488 e. The lowest BCUT2D eigenvalue weighted by Gasteiger charge is -2.13. The van der Waals surface area contributed by atoms with Crippen LogP contribution in [-0.4, -0.2) is 22.5 Å². The number of fused-ring (bicyclic) bond motifs is 1. The first-order valence-corrected chi connectivity index (χ1v) is 13.8. The molecular weight excluding hydrogens is 544 g/mol. The van der Waals surface area contributed by atoms with Crippen molar-refractivity contribution in [3.63, 3.8) is 0 Å². The normalized spacial score (nSPS) is 15.8. The van der Waals surface area contributed by atoms with E-state index >= 15 is 0 Å². The standard InChI is InChI=1S/C31H27BrN2O2S/c1-4-34-30(35)29(37-31(34)33-27-16-20(2)12-13-21(27)3)18-22-14-15-28(26(32)17-22)36-19-24-10-7-9-23-8-5-6-11-25(23)24/h5-18H,4,19H2,1-3H3/b29-18+,33-31?. The van der Waals surface area contributed by atoms with Crippen LogP contribution in [-0.2, 0) is 11.4 Å². The van der Waals surface area contributed by atoms with E-state index in [0.717, 1.165) is 38.2 Å². The molecule has 1 aliphatic rings. The molecule has 1 heterocycles. The van der Waals surface area contributed by atoms with Gasteiger partial charge in [0, 0.05) is 6.54 Å². The molecule has 186 valence electrons. The third-order valence-corrected chi connectivity index (χ3v) is 7.93. The van der Waals surface area contributed by atoms with Gasteiger partial charge in [0.2, 0.25) is 0 Å². The summed E-state index contributed by atoms with van der Waals surface area (Å²) >= 11 is 5.07. The van der Waals surface area contributed by atoms with E-state index in [4.69, 9.17) is 9.73 Å². The Morgan fingerprint density at radius 1 is 1.00 bits per heavy atom. The number of halogens is 1. The van der Waals surface area contributed by atoms with Gasteiger partial charge in [-0.25, -0.2) is 4.99 Å². The van der Waals surface area contributed by atoms with Crippen molar-refractivity contribution in [3.05, 3.63) is 110 Å². The molecule has 1 amide bonds.